The first-order chi connectivity index (χ1) is 11.1. The third kappa shape index (κ3) is 3.61. The second-order valence-electron chi connectivity index (χ2n) is 4.57. The summed E-state index contributed by atoms with van der Waals surface area (Å²) in [7, 11) is 0. The molecule has 0 saturated carbocycles. The number of hydrogen-bond donors (Lipinski definition) is 3. The largest absolute Gasteiger partial charge is 0.393 e. The van der Waals surface area contributed by atoms with Crippen LogP contribution in [0.1, 0.15) is 0 Å². The van der Waals surface area contributed by atoms with Crippen LogP contribution in [0.25, 0.3) is 0 Å². The van der Waals surface area contributed by atoms with Gasteiger partial charge in [0.1, 0.15) is 17.8 Å². The van der Waals surface area contributed by atoms with Gasteiger partial charge in [-0.3, -0.25) is 0 Å². The van der Waals surface area contributed by atoms with Crippen LogP contribution < -0.4 is 16.4 Å². The number of nitrogen functional groups attached to an aromatic ring is 1. The number of hydrogen-bond acceptors (Lipinski definition) is 6. The van der Waals surface area contributed by atoms with E-state index in [0.29, 0.717) is 38.9 Å². The predicted molar refractivity (Wildman–Crippen MR) is 93.7 cm³/mol. The summed E-state index contributed by atoms with van der Waals surface area (Å²) < 4.78 is 0. The molecule has 0 aliphatic heterocycles. The lowest BCUT2D eigenvalue weighted by Gasteiger charge is -2.13. The van der Waals surface area contributed by atoms with Crippen molar-refractivity contribution in [2.45, 2.75) is 0 Å². The van der Waals surface area contributed by atoms with Crippen LogP contribution in [0.15, 0.2) is 48.9 Å². The topological polar surface area (TPSA) is 88.8 Å². The number of halogens is 2. The number of nitrogens with zero attached hydrogens (tertiary/aromatic N) is 3. The Balaban J connectivity index is 1.87. The summed E-state index contributed by atoms with van der Waals surface area (Å²) in [5, 5.41) is 7.12. The van der Waals surface area contributed by atoms with E-state index in [1.807, 2.05) is 18.2 Å². The standard InChI is InChI=1S/C15H12Cl2N6/c16-9-4-5-11(10(17)7-9)22-14-13(18)15(21-8-20-14)23-12-3-1-2-6-19-12/h1-8H,18H2,(H2,19,20,21,22,23). The van der Waals surface area contributed by atoms with E-state index in [0.717, 1.165) is 0 Å². The Morgan fingerprint density at radius 2 is 1.70 bits per heavy atom. The molecule has 0 fully saturated rings. The zero-order chi connectivity index (χ0) is 16.2. The monoisotopic (exact) mass is 346 g/mol. The molecule has 1 aromatic carbocycles. The summed E-state index contributed by atoms with van der Waals surface area (Å²) in [5.41, 5.74) is 7.11. The third-order valence-electron chi connectivity index (χ3n) is 2.98. The molecule has 2 aromatic heterocycles. The van der Waals surface area contributed by atoms with Gasteiger partial charge >= 0.3 is 0 Å². The number of pyridine rings is 1. The lowest BCUT2D eigenvalue weighted by Crippen LogP contribution is -2.05. The van der Waals surface area contributed by atoms with Gasteiger partial charge in [0.25, 0.3) is 0 Å². The van der Waals surface area contributed by atoms with E-state index in [2.05, 4.69) is 25.6 Å². The van der Waals surface area contributed by atoms with Gasteiger partial charge in [0.2, 0.25) is 0 Å². The molecule has 2 heterocycles. The van der Waals surface area contributed by atoms with E-state index in [1.165, 1.54) is 6.33 Å². The highest BCUT2D eigenvalue weighted by atomic mass is 35.5. The van der Waals surface area contributed by atoms with E-state index >= 15 is 0 Å². The molecule has 0 atom stereocenters. The molecule has 116 valence electrons. The summed E-state index contributed by atoms with van der Waals surface area (Å²) in [5.74, 6) is 1.52. The molecule has 6 nitrogen and oxygen atoms in total. The van der Waals surface area contributed by atoms with E-state index in [9.17, 15) is 0 Å². The first-order valence-corrected chi connectivity index (χ1v) is 7.39. The fraction of sp³-hybridized carbons (Fsp3) is 0. The van der Waals surface area contributed by atoms with Crippen LogP contribution in [0, 0.1) is 0 Å². The number of rotatable bonds is 4. The Morgan fingerprint density at radius 3 is 2.39 bits per heavy atom. The van der Waals surface area contributed by atoms with Crippen LogP contribution in [-0.2, 0) is 0 Å². The quantitative estimate of drug-likeness (QED) is 0.654. The lowest BCUT2D eigenvalue weighted by atomic mass is 10.3. The van der Waals surface area contributed by atoms with Crippen LogP contribution in [-0.4, -0.2) is 15.0 Å². The molecule has 0 aliphatic rings. The molecule has 0 bridgehead atoms. The molecule has 0 spiro atoms. The molecule has 8 heteroatoms. The van der Waals surface area contributed by atoms with Gasteiger partial charge in [0.05, 0.1) is 10.7 Å². The maximum atomic E-state index is 6.14. The average molecular weight is 347 g/mol. The van der Waals surface area contributed by atoms with Crippen LogP contribution in [0.5, 0.6) is 0 Å². The normalized spacial score (nSPS) is 10.3. The lowest BCUT2D eigenvalue weighted by molar-refractivity contribution is 1.16. The first-order valence-electron chi connectivity index (χ1n) is 6.64. The van der Waals surface area contributed by atoms with Gasteiger partial charge in [-0.15, -0.1) is 0 Å². The Hall–Kier alpha value is -2.57. The molecule has 0 unspecified atom stereocenters. The van der Waals surface area contributed by atoms with Crippen molar-refractivity contribution in [2.24, 2.45) is 0 Å². The Morgan fingerprint density at radius 1 is 0.913 bits per heavy atom. The van der Waals surface area contributed by atoms with Crippen LogP contribution in [0.2, 0.25) is 10.0 Å². The van der Waals surface area contributed by atoms with Gasteiger partial charge < -0.3 is 16.4 Å². The van der Waals surface area contributed by atoms with Crippen molar-refractivity contribution in [1.29, 1.82) is 0 Å². The Bertz CT molecular complexity index is 825. The zero-order valence-corrected chi connectivity index (χ0v) is 13.3. The van der Waals surface area contributed by atoms with E-state index < -0.39 is 0 Å². The zero-order valence-electron chi connectivity index (χ0n) is 11.8. The summed E-state index contributed by atoms with van der Waals surface area (Å²) in [6.45, 7) is 0. The van der Waals surface area contributed by atoms with E-state index in [-0.39, 0.29) is 0 Å². The molecule has 3 rings (SSSR count). The highest BCUT2D eigenvalue weighted by molar-refractivity contribution is 6.36. The molecule has 0 saturated heterocycles. The summed E-state index contributed by atoms with van der Waals surface area (Å²) >= 11 is 12.0. The average Bonchev–Trinajstić information content (AvgIpc) is 2.54. The Kier molecular flexibility index (Phi) is 4.45. The minimum absolute atomic E-state index is 0.351. The van der Waals surface area contributed by atoms with Crippen molar-refractivity contribution in [3.05, 3.63) is 59.0 Å². The molecule has 0 amide bonds. The number of nitrogens with one attached hydrogen (secondary N) is 2. The number of anilines is 5. The van der Waals surface area contributed by atoms with Gasteiger partial charge in [-0.25, -0.2) is 15.0 Å². The molecule has 4 N–H and O–H groups in total. The van der Waals surface area contributed by atoms with Gasteiger partial charge in [-0.05, 0) is 30.3 Å². The minimum atomic E-state index is 0.351. The fourth-order valence-corrected chi connectivity index (χ4v) is 2.33. The van der Waals surface area contributed by atoms with Crippen molar-refractivity contribution in [1.82, 2.24) is 15.0 Å². The van der Waals surface area contributed by atoms with Crippen LogP contribution in [0.4, 0.5) is 28.8 Å². The highest BCUT2D eigenvalue weighted by Gasteiger charge is 2.10. The van der Waals surface area contributed by atoms with Crippen molar-refractivity contribution in [3.63, 3.8) is 0 Å². The first kappa shape index (κ1) is 15.3. The van der Waals surface area contributed by atoms with Gasteiger partial charge in [0, 0.05) is 11.2 Å². The third-order valence-corrected chi connectivity index (χ3v) is 3.53. The van der Waals surface area contributed by atoms with E-state index in [4.69, 9.17) is 28.9 Å². The minimum Gasteiger partial charge on any atom is -0.393 e. The van der Waals surface area contributed by atoms with Gasteiger partial charge in [0.15, 0.2) is 11.6 Å². The molecule has 23 heavy (non-hydrogen) atoms. The number of aromatic nitrogens is 3. The molecular weight excluding hydrogens is 335 g/mol. The second kappa shape index (κ2) is 6.68. The summed E-state index contributed by atoms with van der Waals surface area (Å²) in [6, 6.07) is 10.6. The van der Waals surface area contributed by atoms with Gasteiger partial charge in [-0.2, -0.15) is 0 Å². The maximum Gasteiger partial charge on any atom is 0.160 e. The molecule has 0 aliphatic carbocycles. The van der Waals surface area contributed by atoms with E-state index in [1.54, 1.807) is 24.4 Å². The second-order valence-corrected chi connectivity index (χ2v) is 5.42. The van der Waals surface area contributed by atoms with Crippen molar-refractivity contribution < 1.29 is 0 Å². The van der Waals surface area contributed by atoms with Crippen LogP contribution >= 0.6 is 23.2 Å². The molecule has 3 aromatic rings. The smallest absolute Gasteiger partial charge is 0.160 e. The SMILES string of the molecule is Nc1c(Nc2ccccn2)ncnc1Nc1ccc(Cl)cc1Cl. The summed E-state index contributed by atoms with van der Waals surface area (Å²) in [4.78, 5) is 12.4. The Labute approximate surface area is 142 Å². The molecular formula is C15H12Cl2N6. The van der Waals surface area contributed by atoms with Crippen molar-refractivity contribution in [3.8, 4) is 0 Å². The number of nitrogens with two attached hydrogens (primary N) is 1. The highest BCUT2D eigenvalue weighted by Crippen LogP contribution is 2.31. The maximum absolute atomic E-state index is 6.14. The van der Waals surface area contributed by atoms with Crippen LogP contribution in [0.3, 0.4) is 0 Å². The van der Waals surface area contributed by atoms with Crippen molar-refractivity contribution in [2.75, 3.05) is 16.4 Å². The fourth-order valence-electron chi connectivity index (χ4n) is 1.87. The predicted octanol–water partition coefficient (Wildman–Crippen LogP) is 4.25. The van der Waals surface area contributed by atoms with Crippen molar-refractivity contribution >= 4 is 52.0 Å². The number of benzene rings is 1. The summed E-state index contributed by atoms with van der Waals surface area (Å²) in [6.07, 6.45) is 3.07. The molecule has 0 radical (unpaired) electrons. The van der Waals surface area contributed by atoms with Gasteiger partial charge in [-0.1, -0.05) is 29.3 Å².